The molecule has 0 aliphatic carbocycles. The maximum absolute atomic E-state index is 12.8. The standard InChI is InChI=1S/C20H23N3O3/c24-19(21-13-16-6-4-12-26-16)9-10-20(25)23-14-15-5-3-11-22(15)17-7-1-2-8-18(17)23/h1-2,4,6-8,12,15H,3,5,9-11,13-14H2,(H,21,24)/t15-/m1/s1. The summed E-state index contributed by atoms with van der Waals surface area (Å²) in [5.41, 5.74) is 2.10. The van der Waals surface area contributed by atoms with Gasteiger partial charge in [0, 0.05) is 32.0 Å². The van der Waals surface area contributed by atoms with Crippen molar-refractivity contribution in [3.8, 4) is 0 Å². The first-order chi connectivity index (χ1) is 12.7. The van der Waals surface area contributed by atoms with Crippen molar-refractivity contribution in [1.82, 2.24) is 5.32 Å². The smallest absolute Gasteiger partial charge is 0.227 e. The molecule has 2 aliphatic heterocycles. The van der Waals surface area contributed by atoms with Crippen LogP contribution in [-0.4, -0.2) is 30.9 Å². The number of nitrogens with one attached hydrogen (secondary N) is 1. The van der Waals surface area contributed by atoms with Crippen molar-refractivity contribution in [3.63, 3.8) is 0 Å². The fourth-order valence-corrected chi connectivity index (χ4v) is 3.87. The number of fused-ring (bicyclic) bond motifs is 3. The third-order valence-corrected chi connectivity index (χ3v) is 5.16. The van der Waals surface area contributed by atoms with E-state index >= 15 is 0 Å². The van der Waals surface area contributed by atoms with Crippen molar-refractivity contribution in [1.29, 1.82) is 0 Å². The third kappa shape index (κ3) is 3.31. The zero-order valence-electron chi connectivity index (χ0n) is 14.7. The van der Waals surface area contributed by atoms with E-state index in [-0.39, 0.29) is 24.7 Å². The van der Waals surface area contributed by atoms with Gasteiger partial charge in [-0.1, -0.05) is 12.1 Å². The molecular weight excluding hydrogens is 330 g/mol. The summed E-state index contributed by atoms with van der Waals surface area (Å²) >= 11 is 0. The van der Waals surface area contributed by atoms with E-state index in [0.29, 0.717) is 24.9 Å². The van der Waals surface area contributed by atoms with Crippen LogP contribution in [0.2, 0.25) is 0 Å². The van der Waals surface area contributed by atoms with Crippen LogP contribution in [0.5, 0.6) is 0 Å². The van der Waals surface area contributed by atoms with Gasteiger partial charge in [0.1, 0.15) is 5.76 Å². The van der Waals surface area contributed by atoms with Crippen LogP contribution in [0.3, 0.4) is 0 Å². The summed E-state index contributed by atoms with van der Waals surface area (Å²) in [7, 11) is 0. The normalized spacial score (nSPS) is 18.4. The summed E-state index contributed by atoms with van der Waals surface area (Å²) in [4.78, 5) is 29.1. The Morgan fingerprint density at radius 3 is 2.77 bits per heavy atom. The van der Waals surface area contributed by atoms with E-state index in [1.807, 2.05) is 29.2 Å². The second-order valence-electron chi connectivity index (χ2n) is 6.84. The topological polar surface area (TPSA) is 65.8 Å². The number of carbonyl (C=O) groups is 2. The Balaban J connectivity index is 1.37. The zero-order valence-corrected chi connectivity index (χ0v) is 14.7. The highest BCUT2D eigenvalue weighted by atomic mass is 16.3. The lowest BCUT2D eigenvalue weighted by Crippen LogP contribution is -2.48. The number of furan rings is 1. The van der Waals surface area contributed by atoms with Crippen LogP contribution in [0, 0.1) is 0 Å². The van der Waals surface area contributed by atoms with Crippen molar-refractivity contribution < 1.29 is 14.0 Å². The number of para-hydroxylation sites is 2. The zero-order chi connectivity index (χ0) is 17.9. The van der Waals surface area contributed by atoms with Crippen LogP contribution in [0.1, 0.15) is 31.4 Å². The number of benzene rings is 1. The predicted molar refractivity (Wildman–Crippen MR) is 99.0 cm³/mol. The highest BCUT2D eigenvalue weighted by Crippen LogP contribution is 2.39. The predicted octanol–water partition coefficient (Wildman–Crippen LogP) is 2.69. The molecule has 0 bridgehead atoms. The Morgan fingerprint density at radius 2 is 1.96 bits per heavy atom. The van der Waals surface area contributed by atoms with E-state index in [9.17, 15) is 9.59 Å². The Morgan fingerprint density at radius 1 is 1.12 bits per heavy atom. The number of nitrogens with zero attached hydrogens (tertiary/aromatic N) is 2. The van der Waals surface area contributed by atoms with E-state index < -0.39 is 0 Å². The molecule has 0 saturated carbocycles. The molecule has 6 nitrogen and oxygen atoms in total. The van der Waals surface area contributed by atoms with Crippen molar-refractivity contribution in [2.24, 2.45) is 0 Å². The Labute approximate surface area is 152 Å². The molecule has 2 amide bonds. The average Bonchev–Trinajstić information content (AvgIpc) is 3.35. The highest BCUT2D eigenvalue weighted by molar-refractivity contribution is 5.99. The van der Waals surface area contributed by atoms with Crippen LogP contribution in [0.25, 0.3) is 0 Å². The van der Waals surface area contributed by atoms with E-state index in [1.54, 1.807) is 12.3 Å². The Hall–Kier alpha value is -2.76. The first-order valence-electron chi connectivity index (χ1n) is 9.17. The maximum atomic E-state index is 12.8. The molecule has 1 fully saturated rings. The molecule has 1 atom stereocenters. The van der Waals surface area contributed by atoms with Gasteiger partial charge in [-0.2, -0.15) is 0 Å². The molecule has 136 valence electrons. The average molecular weight is 353 g/mol. The lowest BCUT2D eigenvalue weighted by molar-refractivity contribution is -0.125. The van der Waals surface area contributed by atoms with E-state index in [2.05, 4.69) is 16.3 Å². The molecule has 1 N–H and O–H groups in total. The molecule has 4 rings (SSSR count). The quantitative estimate of drug-likeness (QED) is 0.898. The number of hydrogen-bond donors (Lipinski definition) is 1. The largest absolute Gasteiger partial charge is 0.467 e. The summed E-state index contributed by atoms with van der Waals surface area (Å²) in [5, 5.41) is 2.79. The van der Waals surface area contributed by atoms with E-state index in [4.69, 9.17) is 4.42 Å². The maximum Gasteiger partial charge on any atom is 0.227 e. The Kier molecular flexibility index (Phi) is 4.65. The van der Waals surface area contributed by atoms with Crippen molar-refractivity contribution in [2.75, 3.05) is 22.9 Å². The molecule has 2 aromatic rings. The van der Waals surface area contributed by atoms with Gasteiger partial charge in [0.2, 0.25) is 11.8 Å². The lowest BCUT2D eigenvalue weighted by Gasteiger charge is -2.40. The molecule has 0 unspecified atom stereocenters. The van der Waals surface area contributed by atoms with Gasteiger partial charge >= 0.3 is 0 Å². The number of amides is 2. The van der Waals surface area contributed by atoms with Gasteiger partial charge < -0.3 is 19.5 Å². The molecule has 3 heterocycles. The monoisotopic (exact) mass is 353 g/mol. The van der Waals surface area contributed by atoms with Crippen molar-refractivity contribution >= 4 is 23.2 Å². The molecule has 0 spiro atoms. The molecular formula is C20H23N3O3. The van der Waals surface area contributed by atoms with Gasteiger partial charge in [0.25, 0.3) is 0 Å². The molecule has 2 aliphatic rings. The molecule has 0 radical (unpaired) electrons. The van der Waals surface area contributed by atoms with Crippen LogP contribution in [0.15, 0.2) is 47.1 Å². The molecule has 1 saturated heterocycles. The first-order valence-corrected chi connectivity index (χ1v) is 9.17. The van der Waals surface area contributed by atoms with Crippen LogP contribution >= 0.6 is 0 Å². The number of hydrogen-bond acceptors (Lipinski definition) is 4. The molecule has 26 heavy (non-hydrogen) atoms. The summed E-state index contributed by atoms with van der Waals surface area (Å²) in [6.07, 6.45) is 4.25. The number of anilines is 2. The Bertz CT molecular complexity index is 787. The highest BCUT2D eigenvalue weighted by Gasteiger charge is 2.35. The van der Waals surface area contributed by atoms with Gasteiger partial charge in [-0.3, -0.25) is 9.59 Å². The summed E-state index contributed by atoms with van der Waals surface area (Å²) < 4.78 is 5.19. The van der Waals surface area contributed by atoms with Crippen LogP contribution in [-0.2, 0) is 16.1 Å². The summed E-state index contributed by atoms with van der Waals surface area (Å²) in [5.74, 6) is 0.579. The van der Waals surface area contributed by atoms with Gasteiger partial charge in [-0.05, 0) is 37.1 Å². The van der Waals surface area contributed by atoms with Crippen molar-refractivity contribution in [2.45, 2.75) is 38.3 Å². The minimum atomic E-state index is -0.137. The van der Waals surface area contributed by atoms with Crippen LogP contribution < -0.4 is 15.1 Å². The SMILES string of the molecule is O=C(CCC(=O)N1C[C@H]2CCCN2c2ccccc21)NCc1ccco1. The minimum absolute atomic E-state index is 0.0112. The molecule has 1 aromatic heterocycles. The second-order valence-corrected chi connectivity index (χ2v) is 6.84. The lowest BCUT2D eigenvalue weighted by atomic mass is 10.1. The van der Waals surface area contributed by atoms with Gasteiger partial charge in [0.15, 0.2) is 0 Å². The second kappa shape index (κ2) is 7.23. The molecule has 1 aromatic carbocycles. The minimum Gasteiger partial charge on any atom is -0.467 e. The van der Waals surface area contributed by atoms with Crippen LogP contribution in [0.4, 0.5) is 11.4 Å². The number of carbonyl (C=O) groups excluding carboxylic acids is 2. The van der Waals surface area contributed by atoms with Gasteiger partial charge in [0.05, 0.1) is 24.2 Å². The molecule has 6 heteroatoms. The summed E-state index contributed by atoms with van der Waals surface area (Å²) in [6.45, 7) is 2.12. The first kappa shape index (κ1) is 16.7. The van der Waals surface area contributed by atoms with Gasteiger partial charge in [-0.25, -0.2) is 0 Å². The van der Waals surface area contributed by atoms with Gasteiger partial charge in [-0.15, -0.1) is 0 Å². The van der Waals surface area contributed by atoms with E-state index in [0.717, 1.165) is 30.8 Å². The van der Waals surface area contributed by atoms with E-state index in [1.165, 1.54) is 0 Å². The summed E-state index contributed by atoms with van der Waals surface area (Å²) in [6, 6.07) is 12.0. The number of rotatable bonds is 5. The fraction of sp³-hybridized carbons (Fsp3) is 0.400. The fourth-order valence-electron chi connectivity index (χ4n) is 3.87. The third-order valence-electron chi connectivity index (χ3n) is 5.16. The van der Waals surface area contributed by atoms with Crippen molar-refractivity contribution in [3.05, 3.63) is 48.4 Å².